The number of hydrogen-bond donors (Lipinski definition) is 1. The van der Waals surface area contributed by atoms with Crippen LogP contribution in [0.2, 0.25) is 0 Å². The molecule has 1 N–H and O–H groups in total. The van der Waals surface area contributed by atoms with Gasteiger partial charge >= 0.3 is 18.1 Å². The third-order valence-electron chi connectivity index (χ3n) is 3.64. The molecule has 2 rings (SSSR count). The molecule has 2 aromatic rings. The number of alkyl halides is 3. The van der Waals surface area contributed by atoms with Gasteiger partial charge in [0.15, 0.2) is 0 Å². The molecular formula is C19H18F3NO4. The van der Waals surface area contributed by atoms with Gasteiger partial charge in [-0.1, -0.05) is 18.2 Å². The van der Waals surface area contributed by atoms with Crippen LogP contribution in [-0.4, -0.2) is 25.6 Å². The van der Waals surface area contributed by atoms with Crippen LogP contribution in [0.4, 0.5) is 18.9 Å². The Morgan fingerprint density at radius 3 is 2.48 bits per heavy atom. The van der Waals surface area contributed by atoms with Crippen LogP contribution in [0.1, 0.15) is 28.4 Å². The molecule has 0 amide bonds. The van der Waals surface area contributed by atoms with Crippen LogP contribution < -0.4 is 10.1 Å². The molecule has 0 aliphatic rings. The molecule has 8 heteroatoms. The maximum atomic E-state index is 12.7. The zero-order chi connectivity index (χ0) is 20.0. The SMILES string of the molecule is COC(=O)c1cc(NCCc2cccc(C(F)(F)F)c2)ccc1OC(C)=O. The van der Waals surface area contributed by atoms with Crippen molar-refractivity contribution in [1.29, 1.82) is 0 Å². The van der Waals surface area contributed by atoms with E-state index in [1.165, 1.54) is 32.2 Å². The van der Waals surface area contributed by atoms with Crippen LogP contribution >= 0.6 is 0 Å². The van der Waals surface area contributed by atoms with Gasteiger partial charge in [-0.15, -0.1) is 0 Å². The van der Waals surface area contributed by atoms with E-state index >= 15 is 0 Å². The highest BCUT2D eigenvalue weighted by Crippen LogP contribution is 2.29. The number of rotatable bonds is 6. The number of halogens is 3. The van der Waals surface area contributed by atoms with Gasteiger partial charge in [-0.25, -0.2) is 4.79 Å². The number of methoxy groups -OCH3 is 1. The maximum absolute atomic E-state index is 12.7. The van der Waals surface area contributed by atoms with E-state index in [4.69, 9.17) is 4.74 Å². The van der Waals surface area contributed by atoms with E-state index in [2.05, 4.69) is 10.1 Å². The van der Waals surface area contributed by atoms with Crippen molar-refractivity contribution < 1.29 is 32.2 Å². The van der Waals surface area contributed by atoms with Crippen molar-refractivity contribution in [3.05, 3.63) is 59.2 Å². The third-order valence-corrected chi connectivity index (χ3v) is 3.64. The molecule has 0 heterocycles. The molecule has 0 spiro atoms. The van der Waals surface area contributed by atoms with Crippen molar-refractivity contribution in [1.82, 2.24) is 0 Å². The second kappa shape index (κ2) is 8.57. The first kappa shape index (κ1) is 20.3. The summed E-state index contributed by atoms with van der Waals surface area (Å²) in [5.74, 6) is -1.18. The number of esters is 2. The highest BCUT2D eigenvalue weighted by atomic mass is 19.4. The van der Waals surface area contributed by atoms with E-state index in [9.17, 15) is 22.8 Å². The zero-order valence-electron chi connectivity index (χ0n) is 14.7. The summed E-state index contributed by atoms with van der Waals surface area (Å²) in [4.78, 5) is 23.0. The number of anilines is 1. The molecule has 0 radical (unpaired) electrons. The predicted molar refractivity (Wildman–Crippen MR) is 92.7 cm³/mol. The van der Waals surface area contributed by atoms with E-state index in [1.807, 2.05) is 0 Å². The van der Waals surface area contributed by atoms with Crippen molar-refractivity contribution in [2.24, 2.45) is 0 Å². The first-order valence-electron chi connectivity index (χ1n) is 8.01. The largest absolute Gasteiger partial charge is 0.465 e. The van der Waals surface area contributed by atoms with Gasteiger partial charge in [-0.3, -0.25) is 4.79 Å². The average Bonchev–Trinajstić information content (AvgIpc) is 2.61. The van der Waals surface area contributed by atoms with Gasteiger partial charge in [0.2, 0.25) is 0 Å². The molecule has 144 valence electrons. The van der Waals surface area contributed by atoms with Crippen LogP contribution in [0.5, 0.6) is 5.75 Å². The summed E-state index contributed by atoms with van der Waals surface area (Å²) < 4.78 is 47.9. The third kappa shape index (κ3) is 5.73. The van der Waals surface area contributed by atoms with E-state index in [0.717, 1.165) is 12.1 Å². The highest BCUT2D eigenvalue weighted by molar-refractivity contribution is 5.94. The lowest BCUT2D eigenvalue weighted by atomic mass is 10.1. The van der Waals surface area contributed by atoms with Crippen molar-refractivity contribution in [3.8, 4) is 5.75 Å². The first-order chi connectivity index (χ1) is 12.7. The minimum absolute atomic E-state index is 0.0665. The lowest BCUT2D eigenvalue weighted by Gasteiger charge is -2.12. The van der Waals surface area contributed by atoms with Crippen molar-refractivity contribution in [2.75, 3.05) is 19.0 Å². The number of carbonyl (C=O) groups excluding carboxylic acids is 2. The van der Waals surface area contributed by atoms with Gasteiger partial charge in [-0.2, -0.15) is 13.2 Å². The molecule has 0 saturated heterocycles. The van der Waals surface area contributed by atoms with Crippen LogP contribution in [-0.2, 0) is 22.1 Å². The Labute approximate surface area is 154 Å². The van der Waals surface area contributed by atoms with Gasteiger partial charge < -0.3 is 14.8 Å². The van der Waals surface area contributed by atoms with Crippen molar-refractivity contribution in [2.45, 2.75) is 19.5 Å². The minimum Gasteiger partial charge on any atom is -0.465 e. The molecule has 0 atom stereocenters. The summed E-state index contributed by atoms with van der Waals surface area (Å²) >= 11 is 0. The fraction of sp³-hybridized carbons (Fsp3) is 0.263. The van der Waals surface area contributed by atoms with Gasteiger partial charge in [0, 0.05) is 19.2 Å². The normalized spacial score (nSPS) is 11.0. The molecule has 5 nitrogen and oxygen atoms in total. The number of ether oxygens (including phenoxy) is 2. The Hall–Kier alpha value is -3.03. The molecular weight excluding hydrogens is 363 g/mol. The summed E-state index contributed by atoms with van der Waals surface area (Å²) in [6.07, 6.45) is -4.03. The molecule has 0 unspecified atom stereocenters. The topological polar surface area (TPSA) is 64.6 Å². The van der Waals surface area contributed by atoms with Crippen molar-refractivity contribution >= 4 is 17.6 Å². The molecule has 0 fully saturated rings. The van der Waals surface area contributed by atoms with E-state index < -0.39 is 23.7 Å². The number of hydrogen-bond acceptors (Lipinski definition) is 5. The summed E-state index contributed by atoms with van der Waals surface area (Å²) in [7, 11) is 1.20. The standard InChI is InChI=1S/C19H18F3NO4/c1-12(24)27-17-7-6-15(11-16(17)18(25)26-2)23-9-8-13-4-3-5-14(10-13)19(20,21)22/h3-7,10-11,23H,8-9H2,1-2H3. The number of carbonyl (C=O) groups is 2. The second-order valence-electron chi connectivity index (χ2n) is 5.67. The Balaban J connectivity index is 2.08. The molecule has 0 aliphatic heterocycles. The molecule has 0 aliphatic carbocycles. The number of benzene rings is 2. The van der Waals surface area contributed by atoms with E-state index in [-0.39, 0.29) is 11.3 Å². The van der Waals surface area contributed by atoms with E-state index in [1.54, 1.807) is 12.1 Å². The fourth-order valence-electron chi connectivity index (χ4n) is 2.41. The highest BCUT2D eigenvalue weighted by Gasteiger charge is 2.30. The quantitative estimate of drug-likeness (QED) is 0.604. The van der Waals surface area contributed by atoms with Crippen LogP contribution in [0.15, 0.2) is 42.5 Å². The fourth-order valence-corrected chi connectivity index (χ4v) is 2.41. The Morgan fingerprint density at radius 2 is 1.85 bits per heavy atom. The molecule has 27 heavy (non-hydrogen) atoms. The lowest BCUT2D eigenvalue weighted by molar-refractivity contribution is -0.137. The maximum Gasteiger partial charge on any atom is 0.416 e. The van der Waals surface area contributed by atoms with E-state index in [0.29, 0.717) is 24.2 Å². The average molecular weight is 381 g/mol. The van der Waals surface area contributed by atoms with Crippen LogP contribution in [0.25, 0.3) is 0 Å². The van der Waals surface area contributed by atoms with Crippen molar-refractivity contribution in [3.63, 3.8) is 0 Å². The number of nitrogens with one attached hydrogen (secondary N) is 1. The Kier molecular flexibility index (Phi) is 6.44. The second-order valence-corrected chi connectivity index (χ2v) is 5.67. The summed E-state index contributed by atoms with van der Waals surface area (Å²) in [6.45, 7) is 1.55. The molecule has 0 bridgehead atoms. The van der Waals surface area contributed by atoms with Crippen LogP contribution in [0, 0.1) is 0 Å². The lowest BCUT2D eigenvalue weighted by Crippen LogP contribution is -2.11. The van der Waals surface area contributed by atoms with Gasteiger partial charge in [0.1, 0.15) is 11.3 Å². The molecule has 2 aromatic carbocycles. The van der Waals surface area contributed by atoms with Gasteiger partial charge in [-0.05, 0) is 36.2 Å². The predicted octanol–water partition coefficient (Wildman–Crippen LogP) is 4.07. The molecule has 0 saturated carbocycles. The molecule has 0 aromatic heterocycles. The Bertz CT molecular complexity index is 834. The summed E-state index contributed by atoms with van der Waals surface area (Å²) in [5, 5.41) is 3.02. The minimum atomic E-state index is -4.38. The van der Waals surface area contributed by atoms with Crippen LogP contribution in [0.3, 0.4) is 0 Å². The monoisotopic (exact) mass is 381 g/mol. The summed E-state index contributed by atoms with van der Waals surface area (Å²) in [5.41, 5.74) is 0.441. The Morgan fingerprint density at radius 1 is 1.11 bits per heavy atom. The van der Waals surface area contributed by atoms with Gasteiger partial charge in [0.05, 0.1) is 12.7 Å². The zero-order valence-corrected chi connectivity index (χ0v) is 14.7. The first-order valence-corrected chi connectivity index (χ1v) is 8.01. The summed E-state index contributed by atoms with van der Waals surface area (Å²) in [6, 6.07) is 9.59. The smallest absolute Gasteiger partial charge is 0.416 e. The van der Waals surface area contributed by atoms with Gasteiger partial charge in [0.25, 0.3) is 0 Å².